The van der Waals surface area contributed by atoms with Crippen molar-refractivity contribution in [2.24, 2.45) is 0 Å². The van der Waals surface area contributed by atoms with E-state index in [9.17, 15) is 21.6 Å². The first-order valence-corrected chi connectivity index (χ1v) is 7.92. The molecule has 21 heavy (non-hydrogen) atoms. The molecular weight excluding hydrogens is 305 g/mol. The average Bonchev–Trinajstić information content (AvgIpc) is 2.37. The maximum atomic E-state index is 14.0. The lowest BCUT2D eigenvalue weighted by Crippen LogP contribution is -2.29. The fourth-order valence-corrected chi connectivity index (χ4v) is 2.80. The second kappa shape index (κ2) is 7.24. The standard InChI is InChI=1S/C13H19F3N2O2S/c1-8(2)17-6-10-5-11(4-9(3)13(10)16)21(19,20)18-7-12(14)15/h4-5,8,12,17-18H,6-7H2,1-3H3. The summed E-state index contributed by atoms with van der Waals surface area (Å²) in [6.07, 6.45) is -2.79. The molecule has 0 saturated carbocycles. The third kappa shape index (κ3) is 5.29. The molecule has 0 heterocycles. The summed E-state index contributed by atoms with van der Waals surface area (Å²) in [6, 6.07) is 2.38. The minimum absolute atomic E-state index is 0.0990. The zero-order chi connectivity index (χ0) is 16.2. The summed E-state index contributed by atoms with van der Waals surface area (Å²) in [7, 11) is -4.08. The molecule has 1 aromatic rings. The number of alkyl halides is 2. The maximum absolute atomic E-state index is 14.0. The summed E-state index contributed by atoms with van der Waals surface area (Å²) in [6.45, 7) is 4.35. The highest BCUT2D eigenvalue weighted by atomic mass is 32.2. The van der Waals surface area contributed by atoms with E-state index in [2.05, 4.69) is 5.32 Å². The Labute approximate surface area is 122 Å². The Bertz CT molecular complexity index is 589. The molecule has 0 aromatic heterocycles. The van der Waals surface area contributed by atoms with Gasteiger partial charge < -0.3 is 5.32 Å². The molecule has 0 saturated heterocycles. The summed E-state index contributed by atoms with van der Waals surface area (Å²) in [4.78, 5) is -0.220. The van der Waals surface area contributed by atoms with Gasteiger partial charge in [-0.05, 0) is 24.6 Å². The summed E-state index contributed by atoms with van der Waals surface area (Å²) in [5.74, 6) is -0.504. The van der Waals surface area contributed by atoms with Gasteiger partial charge in [0, 0.05) is 18.2 Å². The number of hydrogen-bond donors (Lipinski definition) is 2. The van der Waals surface area contributed by atoms with Crippen molar-refractivity contribution in [1.82, 2.24) is 10.0 Å². The van der Waals surface area contributed by atoms with E-state index >= 15 is 0 Å². The highest BCUT2D eigenvalue weighted by Gasteiger charge is 2.19. The van der Waals surface area contributed by atoms with Crippen LogP contribution < -0.4 is 10.0 Å². The van der Waals surface area contributed by atoms with Gasteiger partial charge in [-0.3, -0.25) is 0 Å². The van der Waals surface area contributed by atoms with Crippen LogP contribution in [0, 0.1) is 12.7 Å². The lowest BCUT2D eigenvalue weighted by atomic mass is 10.1. The summed E-state index contributed by atoms with van der Waals surface area (Å²) < 4.78 is 63.8. The van der Waals surface area contributed by atoms with Crippen molar-refractivity contribution < 1.29 is 21.6 Å². The van der Waals surface area contributed by atoms with E-state index in [1.807, 2.05) is 13.8 Å². The second-order valence-corrected chi connectivity index (χ2v) is 6.76. The van der Waals surface area contributed by atoms with Crippen LogP contribution in [0.4, 0.5) is 13.2 Å². The van der Waals surface area contributed by atoms with Crippen LogP contribution >= 0.6 is 0 Å². The van der Waals surface area contributed by atoms with Crippen LogP contribution in [-0.4, -0.2) is 27.4 Å². The number of nitrogens with one attached hydrogen (secondary N) is 2. The Balaban J connectivity index is 3.08. The molecule has 0 unspecified atom stereocenters. The van der Waals surface area contributed by atoms with Gasteiger partial charge in [-0.2, -0.15) is 0 Å². The van der Waals surface area contributed by atoms with Crippen LogP contribution in [0.1, 0.15) is 25.0 Å². The van der Waals surface area contributed by atoms with Gasteiger partial charge in [-0.15, -0.1) is 0 Å². The molecule has 0 aliphatic heterocycles. The van der Waals surface area contributed by atoms with Crippen LogP contribution in [0.2, 0.25) is 0 Å². The maximum Gasteiger partial charge on any atom is 0.251 e. The predicted octanol–water partition coefficient (Wildman–Crippen LogP) is 2.18. The minimum atomic E-state index is -4.08. The van der Waals surface area contributed by atoms with E-state index in [4.69, 9.17) is 0 Å². The van der Waals surface area contributed by atoms with E-state index in [0.29, 0.717) is 0 Å². The van der Waals surface area contributed by atoms with Gasteiger partial charge in [0.25, 0.3) is 6.43 Å². The Morgan fingerprint density at radius 2 is 1.86 bits per heavy atom. The zero-order valence-electron chi connectivity index (χ0n) is 12.1. The van der Waals surface area contributed by atoms with Crippen LogP contribution in [-0.2, 0) is 16.6 Å². The van der Waals surface area contributed by atoms with Gasteiger partial charge in [-0.1, -0.05) is 13.8 Å². The molecule has 0 aliphatic carbocycles. The first kappa shape index (κ1) is 17.9. The molecule has 0 aliphatic rings. The highest BCUT2D eigenvalue weighted by Crippen LogP contribution is 2.19. The molecular formula is C13H19F3N2O2S. The van der Waals surface area contributed by atoms with Crippen molar-refractivity contribution in [3.8, 4) is 0 Å². The van der Waals surface area contributed by atoms with Crippen molar-refractivity contribution in [1.29, 1.82) is 0 Å². The Morgan fingerprint density at radius 3 is 2.38 bits per heavy atom. The van der Waals surface area contributed by atoms with Crippen molar-refractivity contribution in [2.75, 3.05) is 6.54 Å². The number of halogens is 3. The minimum Gasteiger partial charge on any atom is -0.310 e. The molecule has 0 amide bonds. The topological polar surface area (TPSA) is 58.2 Å². The third-order valence-electron chi connectivity index (χ3n) is 2.74. The van der Waals surface area contributed by atoms with Crippen molar-refractivity contribution in [3.05, 3.63) is 29.1 Å². The van der Waals surface area contributed by atoms with E-state index < -0.39 is 28.8 Å². The average molecular weight is 324 g/mol. The van der Waals surface area contributed by atoms with E-state index in [1.165, 1.54) is 6.92 Å². The van der Waals surface area contributed by atoms with Crippen LogP contribution in [0.15, 0.2) is 17.0 Å². The van der Waals surface area contributed by atoms with Crippen molar-refractivity contribution in [3.63, 3.8) is 0 Å². The van der Waals surface area contributed by atoms with Gasteiger partial charge in [0.15, 0.2) is 0 Å². The molecule has 0 atom stereocenters. The fraction of sp³-hybridized carbons (Fsp3) is 0.538. The Morgan fingerprint density at radius 1 is 1.24 bits per heavy atom. The van der Waals surface area contributed by atoms with Gasteiger partial charge >= 0.3 is 0 Å². The molecule has 120 valence electrons. The monoisotopic (exact) mass is 324 g/mol. The molecule has 8 heteroatoms. The zero-order valence-corrected chi connectivity index (χ0v) is 12.9. The van der Waals surface area contributed by atoms with Gasteiger partial charge in [0.05, 0.1) is 11.4 Å². The van der Waals surface area contributed by atoms with Crippen molar-refractivity contribution >= 4 is 10.0 Å². The van der Waals surface area contributed by atoms with Crippen molar-refractivity contribution in [2.45, 2.75) is 44.7 Å². The van der Waals surface area contributed by atoms with Crippen LogP contribution in [0.25, 0.3) is 0 Å². The molecule has 1 rings (SSSR count). The molecule has 1 aromatic carbocycles. The summed E-state index contributed by atoms with van der Waals surface area (Å²) in [5, 5.41) is 2.98. The Hall–Kier alpha value is -1.12. The largest absolute Gasteiger partial charge is 0.310 e. The molecule has 0 radical (unpaired) electrons. The van der Waals surface area contributed by atoms with Gasteiger partial charge in [-0.25, -0.2) is 26.3 Å². The number of aryl methyl sites for hydroxylation is 1. The quantitative estimate of drug-likeness (QED) is 0.808. The van der Waals surface area contributed by atoms with Crippen LogP contribution in [0.5, 0.6) is 0 Å². The summed E-state index contributed by atoms with van der Waals surface area (Å²) >= 11 is 0. The normalized spacial score (nSPS) is 12.4. The Kier molecular flexibility index (Phi) is 6.18. The fourth-order valence-electron chi connectivity index (χ4n) is 1.66. The third-order valence-corrected chi connectivity index (χ3v) is 4.15. The van der Waals surface area contributed by atoms with Gasteiger partial charge in [0.2, 0.25) is 10.0 Å². The molecule has 4 nitrogen and oxygen atoms in total. The first-order valence-electron chi connectivity index (χ1n) is 6.43. The second-order valence-electron chi connectivity index (χ2n) is 4.99. The summed E-state index contributed by atoms with van der Waals surface area (Å²) in [5.41, 5.74) is 0.330. The van der Waals surface area contributed by atoms with E-state index in [0.717, 1.165) is 12.1 Å². The number of hydrogen-bond acceptors (Lipinski definition) is 3. The smallest absolute Gasteiger partial charge is 0.251 e. The SMILES string of the molecule is Cc1cc(S(=O)(=O)NCC(F)F)cc(CNC(C)C)c1F. The first-order chi connectivity index (χ1) is 9.63. The number of benzene rings is 1. The lowest BCUT2D eigenvalue weighted by molar-refractivity contribution is 0.153. The number of sulfonamides is 1. The predicted molar refractivity (Wildman–Crippen MR) is 74.3 cm³/mol. The molecule has 0 fully saturated rings. The van der Waals surface area contributed by atoms with Gasteiger partial charge in [0.1, 0.15) is 5.82 Å². The number of rotatable bonds is 7. The van der Waals surface area contributed by atoms with E-state index in [1.54, 1.807) is 4.72 Å². The lowest BCUT2D eigenvalue weighted by Gasteiger charge is -2.13. The molecule has 0 spiro atoms. The van der Waals surface area contributed by atoms with E-state index in [-0.39, 0.29) is 28.6 Å². The highest BCUT2D eigenvalue weighted by molar-refractivity contribution is 7.89. The molecule has 0 bridgehead atoms. The van der Waals surface area contributed by atoms with Crippen LogP contribution in [0.3, 0.4) is 0 Å². The molecule has 2 N–H and O–H groups in total.